The number of para-hydroxylation sites is 3. The van der Waals surface area contributed by atoms with Crippen LogP contribution in [0.25, 0.3) is 10.9 Å². The molecule has 1 N–H and O–H groups in total. The number of nitrogens with zero attached hydrogens (tertiary/aromatic N) is 3. The van der Waals surface area contributed by atoms with Crippen LogP contribution in [0.1, 0.15) is 11.3 Å². The number of rotatable bonds is 4. The summed E-state index contributed by atoms with van der Waals surface area (Å²) in [5, 5.41) is 24.5. The number of nitriles is 1. The summed E-state index contributed by atoms with van der Waals surface area (Å²) in [6.07, 6.45) is 0. The molecule has 23 heavy (non-hydrogen) atoms. The van der Waals surface area contributed by atoms with Gasteiger partial charge in [-0.3, -0.25) is 10.1 Å². The van der Waals surface area contributed by atoms with Crippen LogP contribution in [0.3, 0.4) is 0 Å². The molecule has 0 spiro atoms. The average Bonchev–Trinajstić information content (AvgIpc) is 2.85. The molecule has 0 atom stereocenters. The third-order valence-corrected chi connectivity index (χ3v) is 3.89. The molecule has 0 aliphatic carbocycles. The van der Waals surface area contributed by atoms with Crippen molar-refractivity contribution in [2.45, 2.75) is 6.54 Å². The molecule has 0 saturated carbocycles. The molecular formula is C17H14N4O2. The second-order valence-electron chi connectivity index (χ2n) is 5.14. The lowest BCUT2D eigenvalue weighted by molar-refractivity contribution is -0.384. The number of nitro groups is 1. The first-order chi connectivity index (χ1) is 11.1. The van der Waals surface area contributed by atoms with E-state index in [0.717, 1.165) is 16.6 Å². The molecule has 3 aromatic rings. The first-order valence-corrected chi connectivity index (χ1v) is 7.07. The van der Waals surface area contributed by atoms with Gasteiger partial charge in [-0.1, -0.05) is 30.3 Å². The van der Waals surface area contributed by atoms with Gasteiger partial charge in [0.15, 0.2) is 0 Å². The summed E-state index contributed by atoms with van der Waals surface area (Å²) < 4.78 is 1.94. The van der Waals surface area contributed by atoms with Crippen LogP contribution in [-0.2, 0) is 13.6 Å². The molecule has 2 aromatic carbocycles. The zero-order valence-corrected chi connectivity index (χ0v) is 12.5. The summed E-state index contributed by atoms with van der Waals surface area (Å²) in [5.41, 5.74) is 2.81. The molecule has 0 bridgehead atoms. The zero-order chi connectivity index (χ0) is 16.4. The Bertz CT molecular complexity index is 937. The lowest BCUT2D eigenvalue weighted by atomic mass is 10.1. The highest BCUT2D eigenvalue weighted by Gasteiger charge is 2.16. The highest BCUT2D eigenvalue weighted by Crippen LogP contribution is 2.27. The van der Waals surface area contributed by atoms with Crippen LogP contribution < -0.4 is 5.32 Å². The van der Waals surface area contributed by atoms with Gasteiger partial charge in [0.1, 0.15) is 11.8 Å². The van der Waals surface area contributed by atoms with Gasteiger partial charge < -0.3 is 9.88 Å². The van der Waals surface area contributed by atoms with E-state index in [2.05, 4.69) is 11.4 Å². The second-order valence-corrected chi connectivity index (χ2v) is 5.14. The van der Waals surface area contributed by atoms with Crippen molar-refractivity contribution in [3.63, 3.8) is 0 Å². The van der Waals surface area contributed by atoms with Crippen LogP contribution in [0.15, 0.2) is 48.5 Å². The van der Waals surface area contributed by atoms with Crippen molar-refractivity contribution in [1.29, 1.82) is 5.26 Å². The van der Waals surface area contributed by atoms with Gasteiger partial charge in [0.05, 0.1) is 22.7 Å². The second kappa shape index (κ2) is 5.81. The highest BCUT2D eigenvalue weighted by molar-refractivity contribution is 5.88. The van der Waals surface area contributed by atoms with Crippen molar-refractivity contribution in [3.8, 4) is 6.07 Å². The van der Waals surface area contributed by atoms with E-state index in [4.69, 9.17) is 0 Å². The number of aromatic nitrogens is 1. The number of fused-ring (bicyclic) bond motifs is 1. The van der Waals surface area contributed by atoms with E-state index in [-0.39, 0.29) is 5.69 Å². The molecule has 1 aromatic heterocycles. The minimum atomic E-state index is -0.422. The van der Waals surface area contributed by atoms with Gasteiger partial charge in [0.2, 0.25) is 0 Å². The van der Waals surface area contributed by atoms with Crippen molar-refractivity contribution < 1.29 is 4.92 Å². The summed E-state index contributed by atoms with van der Waals surface area (Å²) in [6, 6.07) is 16.4. The van der Waals surface area contributed by atoms with Crippen molar-refractivity contribution in [1.82, 2.24) is 4.57 Å². The Morgan fingerprint density at radius 2 is 1.91 bits per heavy atom. The molecule has 0 fully saturated rings. The van der Waals surface area contributed by atoms with E-state index in [9.17, 15) is 15.4 Å². The van der Waals surface area contributed by atoms with Crippen LogP contribution in [-0.4, -0.2) is 9.49 Å². The molecule has 6 heteroatoms. The van der Waals surface area contributed by atoms with Crippen LogP contribution >= 0.6 is 0 Å². The molecule has 0 unspecified atom stereocenters. The number of anilines is 1. The monoisotopic (exact) mass is 306 g/mol. The Kier molecular flexibility index (Phi) is 3.69. The minimum absolute atomic E-state index is 0.0183. The van der Waals surface area contributed by atoms with E-state index in [0.29, 0.717) is 17.8 Å². The van der Waals surface area contributed by atoms with Crippen molar-refractivity contribution in [2.24, 2.45) is 7.05 Å². The lowest BCUT2D eigenvalue weighted by Crippen LogP contribution is -2.07. The van der Waals surface area contributed by atoms with Crippen LogP contribution in [0.5, 0.6) is 0 Å². The number of nitro benzene ring substituents is 1. The normalized spacial score (nSPS) is 10.4. The van der Waals surface area contributed by atoms with Crippen LogP contribution in [0, 0.1) is 21.4 Å². The summed E-state index contributed by atoms with van der Waals surface area (Å²) in [7, 11) is 1.89. The van der Waals surface area contributed by atoms with E-state index >= 15 is 0 Å². The SMILES string of the molecule is Cn1c(CNc2ccccc2[N+](=O)[O-])c(C#N)c2ccccc21. The maximum absolute atomic E-state index is 11.1. The van der Waals surface area contributed by atoms with E-state index in [1.807, 2.05) is 35.9 Å². The van der Waals surface area contributed by atoms with Gasteiger partial charge in [-0.15, -0.1) is 0 Å². The first kappa shape index (κ1) is 14.6. The summed E-state index contributed by atoms with van der Waals surface area (Å²) in [6.45, 7) is 0.332. The molecular weight excluding hydrogens is 292 g/mol. The number of aryl methyl sites for hydroxylation is 1. The number of benzene rings is 2. The smallest absolute Gasteiger partial charge is 0.292 e. The molecule has 0 saturated heterocycles. The average molecular weight is 306 g/mol. The Hall–Kier alpha value is -3.33. The number of hydrogen-bond acceptors (Lipinski definition) is 4. The first-order valence-electron chi connectivity index (χ1n) is 7.07. The van der Waals surface area contributed by atoms with Gasteiger partial charge in [-0.2, -0.15) is 5.26 Å². The largest absolute Gasteiger partial charge is 0.374 e. The van der Waals surface area contributed by atoms with Crippen LogP contribution in [0.4, 0.5) is 11.4 Å². The van der Waals surface area contributed by atoms with Gasteiger partial charge >= 0.3 is 0 Å². The fourth-order valence-corrected chi connectivity index (χ4v) is 2.74. The Labute approximate surface area is 132 Å². The number of hydrogen-bond donors (Lipinski definition) is 1. The molecule has 6 nitrogen and oxygen atoms in total. The predicted molar refractivity (Wildman–Crippen MR) is 88.1 cm³/mol. The summed E-state index contributed by atoms with van der Waals surface area (Å²) in [4.78, 5) is 10.7. The van der Waals surface area contributed by atoms with Gasteiger partial charge in [-0.05, 0) is 12.1 Å². The molecule has 0 amide bonds. The Balaban J connectivity index is 1.99. The summed E-state index contributed by atoms with van der Waals surface area (Å²) >= 11 is 0. The third kappa shape index (κ3) is 2.49. The zero-order valence-electron chi connectivity index (χ0n) is 12.5. The Morgan fingerprint density at radius 3 is 2.65 bits per heavy atom. The highest BCUT2D eigenvalue weighted by atomic mass is 16.6. The molecule has 0 radical (unpaired) electrons. The molecule has 1 heterocycles. The lowest BCUT2D eigenvalue weighted by Gasteiger charge is -2.09. The van der Waals surface area contributed by atoms with E-state index in [1.165, 1.54) is 6.07 Å². The standard InChI is InChI=1S/C17H14N4O2/c1-20-15-8-4-2-6-12(15)13(10-18)17(20)11-19-14-7-3-5-9-16(14)21(22)23/h2-9,19H,11H2,1H3. The Morgan fingerprint density at radius 1 is 1.22 bits per heavy atom. The molecule has 3 rings (SSSR count). The van der Waals surface area contributed by atoms with Gasteiger partial charge in [0.25, 0.3) is 5.69 Å². The van der Waals surface area contributed by atoms with Crippen LogP contribution in [0.2, 0.25) is 0 Å². The van der Waals surface area contributed by atoms with Gasteiger partial charge in [-0.25, -0.2) is 0 Å². The fourth-order valence-electron chi connectivity index (χ4n) is 2.74. The van der Waals surface area contributed by atoms with Crippen molar-refractivity contribution in [3.05, 3.63) is 69.9 Å². The fraction of sp³-hybridized carbons (Fsp3) is 0.118. The quantitative estimate of drug-likeness (QED) is 0.590. The van der Waals surface area contributed by atoms with Crippen molar-refractivity contribution in [2.75, 3.05) is 5.32 Å². The topological polar surface area (TPSA) is 83.9 Å². The maximum Gasteiger partial charge on any atom is 0.292 e. The predicted octanol–water partition coefficient (Wildman–Crippen LogP) is 3.57. The van der Waals surface area contributed by atoms with Gasteiger partial charge in [0, 0.05) is 24.0 Å². The third-order valence-electron chi connectivity index (χ3n) is 3.89. The maximum atomic E-state index is 11.1. The summed E-state index contributed by atoms with van der Waals surface area (Å²) in [5.74, 6) is 0. The molecule has 0 aliphatic heterocycles. The van der Waals surface area contributed by atoms with E-state index in [1.54, 1.807) is 18.2 Å². The molecule has 114 valence electrons. The minimum Gasteiger partial charge on any atom is -0.374 e. The molecule has 0 aliphatic rings. The van der Waals surface area contributed by atoms with E-state index < -0.39 is 4.92 Å². The van der Waals surface area contributed by atoms with Crippen molar-refractivity contribution >= 4 is 22.3 Å². The number of nitrogens with one attached hydrogen (secondary N) is 1.